The van der Waals surface area contributed by atoms with Gasteiger partial charge in [-0.2, -0.15) is 17.6 Å². The number of rotatable bonds is 5. The van der Waals surface area contributed by atoms with Crippen LogP contribution < -0.4 is 0 Å². The average molecular weight is 242 g/mol. The van der Waals surface area contributed by atoms with E-state index in [-0.39, 0.29) is 0 Å². The quantitative estimate of drug-likeness (QED) is 0.545. The van der Waals surface area contributed by atoms with Crippen LogP contribution in [0.4, 0.5) is 30.7 Å². The molecule has 90 valence electrons. The van der Waals surface area contributed by atoms with Crippen molar-refractivity contribution in [1.29, 1.82) is 0 Å². The first-order valence-corrected chi connectivity index (χ1v) is 3.29. The molecule has 0 fully saturated rings. The van der Waals surface area contributed by atoms with E-state index in [2.05, 4.69) is 11.3 Å². The van der Waals surface area contributed by atoms with Crippen molar-refractivity contribution < 1.29 is 40.2 Å². The first-order valence-electron chi connectivity index (χ1n) is 3.29. The zero-order valence-corrected chi connectivity index (χ0v) is 6.95. The Hall–Kier alpha value is -0.830. The Morgan fingerprint density at radius 3 is 1.73 bits per heavy atom. The first-order chi connectivity index (χ1) is 6.52. The fourth-order valence-corrected chi connectivity index (χ4v) is 0.452. The maximum absolute atomic E-state index is 12.3. The Labute approximate surface area is 79.3 Å². The van der Waals surface area contributed by atoms with Crippen LogP contribution in [0.3, 0.4) is 0 Å². The van der Waals surface area contributed by atoms with Crippen LogP contribution in [0.15, 0.2) is 12.7 Å². The van der Waals surface area contributed by atoms with Crippen molar-refractivity contribution >= 4 is 0 Å². The van der Waals surface area contributed by atoms with Crippen LogP contribution in [0.2, 0.25) is 0 Å². The summed E-state index contributed by atoms with van der Waals surface area (Å²) < 4.78 is 87.9. The molecule has 0 saturated heterocycles. The second kappa shape index (κ2) is 4.35. The van der Waals surface area contributed by atoms with Gasteiger partial charge < -0.3 is 4.74 Å². The fourth-order valence-electron chi connectivity index (χ4n) is 0.452. The van der Waals surface area contributed by atoms with Gasteiger partial charge >= 0.3 is 18.6 Å². The molecule has 0 rings (SSSR count). The lowest BCUT2D eigenvalue weighted by atomic mass is 10.5. The summed E-state index contributed by atoms with van der Waals surface area (Å²) in [7, 11) is 0. The lowest BCUT2D eigenvalue weighted by Gasteiger charge is -2.25. The molecular weight excluding hydrogens is 237 g/mol. The molecule has 0 unspecified atom stereocenters. The van der Waals surface area contributed by atoms with Crippen molar-refractivity contribution in [2.45, 2.75) is 18.6 Å². The minimum absolute atomic E-state index is 0.664. The van der Waals surface area contributed by atoms with Crippen molar-refractivity contribution in [3.63, 3.8) is 0 Å². The molecule has 0 saturated carbocycles. The van der Waals surface area contributed by atoms with Crippen LogP contribution in [0.5, 0.6) is 0 Å². The van der Waals surface area contributed by atoms with E-state index in [1.54, 1.807) is 0 Å². The molecule has 0 radical (unpaired) electrons. The molecule has 0 N–H and O–H groups in total. The SMILES string of the molecule is C=CCOC(F)(F)C(F)(F)OC(F)(F)F. The standard InChI is InChI=1S/C6H5F7O2/c1-2-3-14-4(7,8)5(9,10)15-6(11,12)13/h2H,1,3H2. The minimum atomic E-state index is -5.90. The van der Waals surface area contributed by atoms with Crippen molar-refractivity contribution in [1.82, 2.24) is 0 Å². The highest BCUT2D eigenvalue weighted by molar-refractivity contribution is 4.71. The Morgan fingerprint density at radius 2 is 1.40 bits per heavy atom. The van der Waals surface area contributed by atoms with Crippen molar-refractivity contribution in [2.75, 3.05) is 6.61 Å². The lowest BCUT2D eigenvalue weighted by Crippen LogP contribution is -2.48. The van der Waals surface area contributed by atoms with Gasteiger partial charge in [0.25, 0.3) is 0 Å². The summed E-state index contributed by atoms with van der Waals surface area (Å²) in [6.07, 6.45) is -16.4. The number of ether oxygens (including phenoxy) is 2. The van der Waals surface area contributed by atoms with Crippen molar-refractivity contribution in [3.05, 3.63) is 12.7 Å². The van der Waals surface area contributed by atoms with Crippen LogP contribution in [0.25, 0.3) is 0 Å². The van der Waals surface area contributed by atoms with Crippen molar-refractivity contribution in [2.24, 2.45) is 0 Å². The zero-order chi connectivity index (χ0) is 12.3. The Kier molecular flexibility index (Phi) is 4.11. The third-order valence-electron chi connectivity index (χ3n) is 0.965. The molecule has 9 heteroatoms. The van der Waals surface area contributed by atoms with E-state index < -0.39 is 25.2 Å². The summed E-state index contributed by atoms with van der Waals surface area (Å²) in [6, 6.07) is 0. The highest BCUT2D eigenvalue weighted by Crippen LogP contribution is 2.40. The molecule has 0 spiro atoms. The van der Waals surface area contributed by atoms with E-state index in [9.17, 15) is 30.7 Å². The lowest BCUT2D eigenvalue weighted by molar-refractivity contribution is -0.503. The van der Waals surface area contributed by atoms with E-state index in [4.69, 9.17) is 0 Å². The minimum Gasteiger partial charge on any atom is -0.309 e. The third kappa shape index (κ3) is 4.47. The molecule has 15 heavy (non-hydrogen) atoms. The van der Waals surface area contributed by atoms with Gasteiger partial charge in [0.1, 0.15) is 0 Å². The Morgan fingerprint density at radius 1 is 0.933 bits per heavy atom. The van der Waals surface area contributed by atoms with Crippen LogP contribution in [-0.2, 0) is 9.47 Å². The van der Waals surface area contributed by atoms with Gasteiger partial charge in [-0.1, -0.05) is 6.08 Å². The van der Waals surface area contributed by atoms with E-state index in [1.807, 2.05) is 4.74 Å². The Balaban J connectivity index is 4.60. The topological polar surface area (TPSA) is 18.5 Å². The smallest absolute Gasteiger partial charge is 0.309 e. The van der Waals surface area contributed by atoms with Crippen molar-refractivity contribution in [3.8, 4) is 0 Å². The van der Waals surface area contributed by atoms with Crippen LogP contribution in [-0.4, -0.2) is 25.2 Å². The van der Waals surface area contributed by atoms with Gasteiger partial charge in [0.05, 0.1) is 6.61 Å². The third-order valence-corrected chi connectivity index (χ3v) is 0.965. The van der Waals surface area contributed by atoms with Crippen LogP contribution in [0, 0.1) is 0 Å². The molecule has 0 aliphatic carbocycles. The fraction of sp³-hybridized carbons (Fsp3) is 0.667. The molecule has 0 aromatic rings. The molecular formula is C6H5F7O2. The number of hydrogen-bond donors (Lipinski definition) is 0. The van der Waals surface area contributed by atoms with Gasteiger partial charge in [0.2, 0.25) is 0 Å². The highest BCUT2D eigenvalue weighted by atomic mass is 19.4. The van der Waals surface area contributed by atoms with E-state index >= 15 is 0 Å². The normalized spacial score (nSPS) is 14.1. The van der Waals surface area contributed by atoms with Gasteiger partial charge in [0.15, 0.2) is 0 Å². The highest BCUT2D eigenvalue weighted by Gasteiger charge is 2.64. The molecule has 0 aromatic carbocycles. The number of alkyl halides is 7. The molecule has 0 atom stereocenters. The summed E-state index contributed by atoms with van der Waals surface area (Å²) in [5, 5.41) is 0. The van der Waals surface area contributed by atoms with Gasteiger partial charge in [-0.25, -0.2) is 4.74 Å². The Bertz CT molecular complexity index is 222. The molecule has 0 aromatic heterocycles. The summed E-state index contributed by atoms with van der Waals surface area (Å²) in [5.74, 6) is 0. The predicted molar refractivity (Wildman–Crippen MR) is 33.2 cm³/mol. The second-order valence-corrected chi connectivity index (χ2v) is 2.18. The maximum Gasteiger partial charge on any atom is 0.527 e. The van der Waals surface area contributed by atoms with E-state index in [0.717, 1.165) is 0 Å². The molecule has 0 bridgehead atoms. The van der Waals surface area contributed by atoms with Gasteiger partial charge in [-0.05, 0) is 0 Å². The number of halogens is 7. The maximum atomic E-state index is 12.3. The van der Waals surface area contributed by atoms with E-state index in [0.29, 0.717) is 6.08 Å². The van der Waals surface area contributed by atoms with Crippen LogP contribution in [0.1, 0.15) is 0 Å². The summed E-state index contributed by atoms with van der Waals surface area (Å²) in [6.45, 7) is 1.80. The average Bonchev–Trinajstić information content (AvgIpc) is 1.96. The van der Waals surface area contributed by atoms with Gasteiger partial charge in [-0.15, -0.1) is 19.8 Å². The monoisotopic (exact) mass is 242 g/mol. The van der Waals surface area contributed by atoms with Crippen LogP contribution >= 0.6 is 0 Å². The molecule has 2 nitrogen and oxygen atoms in total. The molecule has 0 aliphatic rings. The molecule has 0 heterocycles. The summed E-state index contributed by atoms with van der Waals surface area (Å²) in [4.78, 5) is 0. The zero-order valence-electron chi connectivity index (χ0n) is 6.95. The van der Waals surface area contributed by atoms with Gasteiger partial charge in [0, 0.05) is 0 Å². The number of hydrogen-bond acceptors (Lipinski definition) is 2. The van der Waals surface area contributed by atoms with E-state index in [1.165, 1.54) is 0 Å². The molecule has 0 aliphatic heterocycles. The largest absolute Gasteiger partial charge is 0.527 e. The molecule has 0 amide bonds. The summed E-state index contributed by atoms with van der Waals surface area (Å²) >= 11 is 0. The summed E-state index contributed by atoms with van der Waals surface area (Å²) in [5.41, 5.74) is 0. The first kappa shape index (κ1) is 14.2. The van der Waals surface area contributed by atoms with Gasteiger partial charge in [-0.3, -0.25) is 0 Å². The predicted octanol–water partition coefficient (Wildman–Crippen LogP) is 2.91. The second-order valence-electron chi connectivity index (χ2n) is 2.18.